The average Bonchev–Trinajstić information content (AvgIpc) is 3.86. The van der Waals surface area contributed by atoms with Gasteiger partial charge in [0.25, 0.3) is 0 Å². The maximum atomic E-state index is 6.65. The van der Waals surface area contributed by atoms with Crippen molar-refractivity contribution in [3.05, 3.63) is 173 Å². The Labute approximate surface area is 309 Å². The van der Waals surface area contributed by atoms with Crippen molar-refractivity contribution in [3.8, 4) is 0 Å². The van der Waals surface area contributed by atoms with Crippen molar-refractivity contribution >= 4 is 39.4 Å². The molecule has 0 spiro atoms. The number of nitrogens with zero attached hydrogens (tertiary/aromatic N) is 1. The van der Waals surface area contributed by atoms with Gasteiger partial charge in [0.05, 0.1) is 24.5 Å². The fraction of sp³-hybridized carbons (Fsp3) is 0.261. The number of allylic oxidation sites excluding steroid dienone is 11. The number of hydrogen-bond donors (Lipinski definition) is 3. The van der Waals surface area contributed by atoms with E-state index in [2.05, 4.69) is 179 Å². The number of anilines is 1. The summed E-state index contributed by atoms with van der Waals surface area (Å²) >= 11 is 2.08. The SMILES string of the molecule is CC12C=CC3=C(SC4C=CC=CC34)C1N(c1ccc3oc4cccc(C5NC(c6ccccc6)NC([C@@H]6C=CC=CC6)N5)c4c3c1)C1=C2C=CCC1. The molecule has 1 saturated heterocycles. The summed E-state index contributed by atoms with van der Waals surface area (Å²) in [4.78, 5) is 4.24. The van der Waals surface area contributed by atoms with Crippen molar-refractivity contribution < 1.29 is 4.42 Å². The molecular weight excluding hydrogens is 657 g/mol. The lowest BCUT2D eigenvalue weighted by molar-refractivity contribution is 0.171. The van der Waals surface area contributed by atoms with Crippen LogP contribution in [0.2, 0.25) is 0 Å². The molecule has 4 aliphatic carbocycles. The zero-order valence-electron chi connectivity index (χ0n) is 29.2. The summed E-state index contributed by atoms with van der Waals surface area (Å²) < 4.78 is 6.65. The number of rotatable bonds is 4. The van der Waals surface area contributed by atoms with Crippen molar-refractivity contribution in [2.75, 3.05) is 4.90 Å². The monoisotopic (exact) mass is 698 g/mol. The molecule has 258 valence electrons. The van der Waals surface area contributed by atoms with Crippen molar-refractivity contribution in [1.82, 2.24) is 16.0 Å². The molecule has 5 nitrogen and oxygen atoms in total. The van der Waals surface area contributed by atoms with E-state index in [4.69, 9.17) is 4.42 Å². The molecule has 8 atom stereocenters. The number of thioether (sulfide) groups is 1. The molecule has 11 rings (SSSR count). The smallest absolute Gasteiger partial charge is 0.135 e. The lowest BCUT2D eigenvalue weighted by Crippen LogP contribution is -2.61. The standard InChI is InChI=1S/C46H42N4OS/c1-46-26-25-32-31-17-8-11-22-39(31)52-41(32)42(46)50(36-20-10-9-19-35(36)46)30-23-24-37-34(27-30)40-33(18-12-21-38(40)51-37)45-48-43(28-13-4-2-5-14-28)47-44(49-45)29-15-6-3-7-16-29/h2-9,11-15,17-19,21-27,29,31,39,42-45,47-49H,10,16,20H2,1H3/t29-,31?,39?,42?,43?,44?,45?,46?/m1/s1. The summed E-state index contributed by atoms with van der Waals surface area (Å²) in [7, 11) is 0. The normalized spacial score (nSPS) is 32.9. The van der Waals surface area contributed by atoms with E-state index in [1.54, 1.807) is 0 Å². The third kappa shape index (κ3) is 4.67. The maximum Gasteiger partial charge on any atom is 0.135 e. The largest absolute Gasteiger partial charge is 0.456 e. The van der Waals surface area contributed by atoms with Gasteiger partial charge < -0.3 is 9.32 Å². The van der Waals surface area contributed by atoms with E-state index in [9.17, 15) is 0 Å². The fourth-order valence-corrected chi connectivity index (χ4v) is 11.6. The van der Waals surface area contributed by atoms with Gasteiger partial charge >= 0.3 is 0 Å². The predicted molar refractivity (Wildman–Crippen MR) is 214 cm³/mol. The first-order chi connectivity index (χ1) is 25.6. The molecule has 1 aromatic heterocycles. The summed E-state index contributed by atoms with van der Waals surface area (Å²) in [6.45, 7) is 2.46. The molecule has 52 heavy (non-hydrogen) atoms. The lowest BCUT2D eigenvalue weighted by atomic mass is 9.71. The van der Waals surface area contributed by atoms with E-state index in [0.717, 1.165) is 30.4 Å². The number of benzene rings is 3. The first-order valence-electron chi connectivity index (χ1n) is 18.9. The molecule has 1 fully saturated rings. The van der Waals surface area contributed by atoms with E-state index in [0.29, 0.717) is 17.1 Å². The number of furan rings is 1. The van der Waals surface area contributed by atoms with Crippen LogP contribution in [0.4, 0.5) is 5.69 Å². The van der Waals surface area contributed by atoms with Gasteiger partial charge in [0, 0.05) is 49.6 Å². The van der Waals surface area contributed by atoms with E-state index in [1.165, 1.54) is 49.3 Å². The predicted octanol–water partition coefficient (Wildman–Crippen LogP) is 10.0. The minimum absolute atomic E-state index is 0.00754. The van der Waals surface area contributed by atoms with Gasteiger partial charge in [0.2, 0.25) is 0 Å². The minimum Gasteiger partial charge on any atom is -0.456 e. The van der Waals surface area contributed by atoms with E-state index in [-0.39, 0.29) is 30.0 Å². The lowest BCUT2D eigenvalue weighted by Gasteiger charge is -2.42. The summed E-state index contributed by atoms with van der Waals surface area (Å²) in [5.41, 5.74) is 9.88. The summed E-state index contributed by atoms with van der Waals surface area (Å²) in [5, 5.41) is 14.6. The highest BCUT2D eigenvalue weighted by atomic mass is 32.2. The van der Waals surface area contributed by atoms with E-state index >= 15 is 0 Å². The Morgan fingerprint density at radius 1 is 0.827 bits per heavy atom. The second-order valence-electron chi connectivity index (χ2n) is 15.4. The molecule has 4 aromatic rings. The molecular formula is C46H42N4OS. The first kappa shape index (κ1) is 31.0. The zero-order valence-corrected chi connectivity index (χ0v) is 30.0. The Bertz CT molecular complexity index is 2370. The molecule has 4 heterocycles. The Kier molecular flexibility index (Phi) is 7.13. The minimum atomic E-state index is -0.0925. The second kappa shape index (κ2) is 12.0. The van der Waals surface area contributed by atoms with Gasteiger partial charge in [-0.05, 0) is 72.7 Å². The van der Waals surface area contributed by atoms with Crippen molar-refractivity contribution in [3.63, 3.8) is 0 Å². The molecule has 6 heteroatoms. The number of nitrogens with one attached hydrogen (secondary N) is 3. The van der Waals surface area contributed by atoms with Crippen molar-refractivity contribution in [1.29, 1.82) is 0 Å². The fourth-order valence-electron chi connectivity index (χ4n) is 9.89. The highest BCUT2D eigenvalue weighted by Gasteiger charge is 2.54. The molecule has 0 radical (unpaired) electrons. The Hall–Kier alpha value is -4.59. The molecule has 3 aliphatic heterocycles. The van der Waals surface area contributed by atoms with Crippen LogP contribution in [0.25, 0.3) is 21.9 Å². The summed E-state index contributed by atoms with van der Waals surface area (Å²) in [5.74, 6) is 0.786. The average molecular weight is 699 g/mol. The topological polar surface area (TPSA) is 52.5 Å². The molecule has 0 bridgehead atoms. The van der Waals surface area contributed by atoms with Crippen LogP contribution in [0.15, 0.2) is 166 Å². The Morgan fingerprint density at radius 2 is 1.71 bits per heavy atom. The van der Waals surface area contributed by atoms with Crippen LogP contribution in [-0.2, 0) is 0 Å². The van der Waals surface area contributed by atoms with Crippen LogP contribution in [0, 0.1) is 17.3 Å². The molecule has 3 aromatic carbocycles. The first-order valence-corrected chi connectivity index (χ1v) is 19.8. The van der Waals surface area contributed by atoms with Gasteiger partial charge in [-0.25, -0.2) is 0 Å². The summed E-state index contributed by atoms with van der Waals surface area (Å²) in [6, 6.07) is 24.5. The van der Waals surface area contributed by atoms with Crippen molar-refractivity contribution in [2.24, 2.45) is 17.3 Å². The second-order valence-corrected chi connectivity index (χ2v) is 16.6. The van der Waals surface area contributed by atoms with Gasteiger partial charge in [-0.15, -0.1) is 11.8 Å². The highest BCUT2D eigenvalue weighted by Crippen LogP contribution is 2.61. The van der Waals surface area contributed by atoms with Crippen LogP contribution in [0.3, 0.4) is 0 Å². The zero-order chi connectivity index (χ0) is 34.4. The number of fused-ring (bicyclic) bond motifs is 8. The third-order valence-electron chi connectivity index (χ3n) is 12.4. The quantitative estimate of drug-likeness (QED) is 0.197. The third-order valence-corrected chi connectivity index (χ3v) is 13.8. The van der Waals surface area contributed by atoms with E-state index < -0.39 is 0 Å². The summed E-state index contributed by atoms with van der Waals surface area (Å²) in [6.07, 6.45) is 31.1. The van der Waals surface area contributed by atoms with Gasteiger partial charge in [-0.3, -0.25) is 16.0 Å². The molecule has 7 aliphatic rings. The van der Waals surface area contributed by atoms with Crippen LogP contribution in [0.5, 0.6) is 0 Å². The Morgan fingerprint density at radius 3 is 2.62 bits per heavy atom. The molecule has 7 unspecified atom stereocenters. The van der Waals surface area contributed by atoms with Crippen LogP contribution >= 0.6 is 11.8 Å². The maximum absolute atomic E-state index is 6.65. The molecule has 3 N–H and O–H groups in total. The van der Waals surface area contributed by atoms with Gasteiger partial charge in [-0.2, -0.15) is 0 Å². The van der Waals surface area contributed by atoms with Gasteiger partial charge in [0.1, 0.15) is 11.2 Å². The number of hydrogen-bond acceptors (Lipinski definition) is 6. The van der Waals surface area contributed by atoms with Gasteiger partial charge in [-0.1, -0.05) is 115 Å². The Balaban J connectivity index is 1.04. The van der Waals surface area contributed by atoms with Crippen LogP contribution in [-0.4, -0.2) is 17.5 Å². The highest BCUT2D eigenvalue weighted by molar-refractivity contribution is 8.04. The molecule has 0 amide bonds. The van der Waals surface area contributed by atoms with Crippen molar-refractivity contribution in [2.45, 2.75) is 56.0 Å². The molecule has 0 saturated carbocycles. The van der Waals surface area contributed by atoms with Gasteiger partial charge in [0.15, 0.2) is 0 Å². The van der Waals surface area contributed by atoms with Crippen LogP contribution in [0.1, 0.15) is 49.6 Å². The van der Waals surface area contributed by atoms with E-state index in [1.807, 2.05) is 0 Å². The van der Waals surface area contributed by atoms with Crippen LogP contribution < -0.4 is 20.9 Å².